The molecule has 14 heavy (non-hydrogen) atoms. The van der Waals surface area contributed by atoms with Crippen LogP contribution in [0.25, 0.3) is 0 Å². The first kappa shape index (κ1) is 19.6. The van der Waals surface area contributed by atoms with E-state index in [1.165, 1.54) is 32.1 Å². The Morgan fingerprint density at radius 1 is 0.857 bits per heavy atom. The van der Waals surface area contributed by atoms with Crippen LogP contribution in [0.2, 0.25) is 0 Å². The predicted molar refractivity (Wildman–Crippen MR) is 70.8 cm³/mol. The highest BCUT2D eigenvalue weighted by atomic mass is 14.3. The van der Waals surface area contributed by atoms with Crippen molar-refractivity contribution in [3.63, 3.8) is 0 Å². The molecule has 0 aromatic heterocycles. The van der Waals surface area contributed by atoms with E-state index in [9.17, 15) is 0 Å². The van der Waals surface area contributed by atoms with Crippen molar-refractivity contribution < 1.29 is 0 Å². The van der Waals surface area contributed by atoms with Gasteiger partial charge < -0.3 is 0 Å². The van der Waals surface area contributed by atoms with Crippen LogP contribution in [0.4, 0.5) is 0 Å². The monoisotopic (exact) mass is 202 g/mol. The summed E-state index contributed by atoms with van der Waals surface area (Å²) in [5.74, 6) is 0.882. The molecule has 0 spiro atoms. The summed E-state index contributed by atoms with van der Waals surface area (Å²) in [5.41, 5.74) is 0.679. The minimum absolute atomic E-state index is 0. The third-order valence-electron chi connectivity index (χ3n) is 3.39. The predicted octanol–water partition coefficient (Wildman–Crippen LogP) is 5.91. The molecule has 1 aliphatic rings. The summed E-state index contributed by atoms with van der Waals surface area (Å²) in [5, 5.41) is 0. The Hall–Kier alpha value is 0. The van der Waals surface area contributed by atoms with Gasteiger partial charge in [0.05, 0.1) is 0 Å². The van der Waals surface area contributed by atoms with Crippen molar-refractivity contribution in [2.24, 2.45) is 11.3 Å². The highest BCUT2D eigenvalue weighted by Crippen LogP contribution is 2.41. The second kappa shape index (κ2) is 9.55. The average Bonchev–Trinajstić information content (AvgIpc) is 2.09. The van der Waals surface area contributed by atoms with Crippen molar-refractivity contribution >= 4 is 0 Å². The molecule has 1 fully saturated rings. The standard InChI is InChI=1S/C10H20.C2H6.2CH4/c1-9(2)10(3)7-5-4-6-8-10;1-2;;/h9H,4-8H2,1-3H3;1-2H3;2*1H4. The van der Waals surface area contributed by atoms with Gasteiger partial charge in [0.2, 0.25) is 0 Å². The van der Waals surface area contributed by atoms with Gasteiger partial charge in [0, 0.05) is 0 Å². The van der Waals surface area contributed by atoms with E-state index in [-0.39, 0.29) is 14.9 Å². The number of rotatable bonds is 1. The topological polar surface area (TPSA) is 0 Å². The molecule has 0 heteroatoms. The summed E-state index contributed by atoms with van der Waals surface area (Å²) < 4.78 is 0. The van der Waals surface area contributed by atoms with Crippen molar-refractivity contribution in [2.75, 3.05) is 0 Å². The van der Waals surface area contributed by atoms with E-state index in [0.29, 0.717) is 5.41 Å². The SMILES string of the molecule is C.C.CC.CC(C)C1(C)CCCCC1. The second-order valence-corrected chi connectivity index (χ2v) is 4.37. The fraction of sp³-hybridized carbons (Fsp3) is 1.00. The smallest absolute Gasteiger partial charge is 0.0303 e. The molecule has 0 heterocycles. The van der Waals surface area contributed by atoms with Crippen LogP contribution in [0.3, 0.4) is 0 Å². The quantitative estimate of drug-likeness (QED) is 0.496. The van der Waals surface area contributed by atoms with Gasteiger partial charge in [-0.2, -0.15) is 0 Å². The molecule has 0 amide bonds. The Morgan fingerprint density at radius 2 is 1.21 bits per heavy atom. The molecular weight excluding hydrogens is 168 g/mol. The van der Waals surface area contributed by atoms with Crippen LogP contribution >= 0.6 is 0 Å². The number of hydrogen-bond acceptors (Lipinski definition) is 0. The van der Waals surface area contributed by atoms with E-state index >= 15 is 0 Å². The fourth-order valence-corrected chi connectivity index (χ4v) is 1.94. The van der Waals surface area contributed by atoms with Gasteiger partial charge in [0.25, 0.3) is 0 Å². The zero-order chi connectivity index (χ0) is 9.61. The maximum atomic E-state index is 2.46. The molecule has 90 valence electrons. The van der Waals surface area contributed by atoms with Crippen molar-refractivity contribution in [2.45, 2.75) is 81.6 Å². The van der Waals surface area contributed by atoms with Crippen molar-refractivity contribution in [3.8, 4) is 0 Å². The largest absolute Gasteiger partial charge is 0.0776 e. The van der Waals surface area contributed by atoms with Gasteiger partial charge in [-0.15, -0.1) is 0 Å². The molecular formula is C14H34. The summed E-state index contributed by atoms with van der Waals surface area (Å²) in [7, 11) is 0. The molecule has 1 aliphatic carbocycles. The highest BCUT2D eigenvalue weighted by molar-refractivity contribution is 4.80. The molecule has 0 N–H and O–H groups in total. The Kier molecular flexibility index (Phi) is 13.3. The lowest BCUT2D eigenvalue weighted by molar-refractivity contribution is 0.143. The third-order valence-corrected chi connectivity index (χ3v) is 3.39. The first-order chi connectivity index (χ1) is 5.65. The molecule has 0 atom stereocenters. The minimum Gasteiger partial charge on any atom is -0.0776 e. The van der Waals surface area contributed by atoms with Gasteiger partial charge in [-0.25, -0.2) is 0 Å². The van der Waals surface area contributed by atoms with Gasteiger partial charge in [-0.3, -0.25) is 0 Å². The van der Waals surface area contributed by atoms with Crippen molar-refractivity contribution in [1.82, 2.24) is 0 Å². The molecule has 0 aromatic carbocycles. The van der Waals surface area contributed by atoms with E-state index in [1.807, 2.05) is 13.8 Å². The van der Waals surface area contributed by atoms with Crippen molar-refractivity contribution in [1.29, 1.82) is 0 Å². The minimum atomic E-state index is 0. The summed E-state index contributed by atoms with van der Waals surface area (Å²) in [6.45, 7) is 11.2. The Morgan fingerprint density at radius 3 is 1.43 bits per heavy atom. The number of hydrogen-bond donors (Lipinski definition) is 0. The van der Waals surface area contributed by atoms with E-state index < -0.39 is 0 Å². The lowest BCUT2D eigenvalue weighted by Gasteiger charge is -2.37. The van der Waals surface area contributed by atoms with Crippen LogP contribution < -0.4 is 0 Å². The zero-order valence-corrected chi connectivity index (χ0v) is 9.61. The molecule has 0 radical (unpaired) electrons. The van der Waals surface area contributed by atoms with Crippen LogP contribution in [-0.2, 0) is 0 Å². The lowest BCUT2D eigenvalue weighted by atomic mass is 9.69. The van der Waals surface area contributed by atoms with E-state index in [1.54, 1.807) is 0 Å². The van der Waals surface area contributed by atoms with E-state index in [2.05, 4.69) is 20.8 Å². The fourth-order valence-electron chi connectivity index (χ4n) is 1.94. The Balaban J connectivity index is -0.000000284. The summed E-state index contributed by atoms with van der Waals surface area (Å²) >= 11 is 0. The van der Waals surface area contributed by atoms with Gasteiger partial charge >= 0.3 is 0 Å². The highest BCUT2D eigenvalue weighted by Gasteiger charge is 2.29. The molecule has 0 unspecified atom stereocenters. The normalized spacial score (nSPS) is 18.4. The molecule has 0 saturated heterocycles. The molecule has 0 nitrogen and oxygen atoms in total. The van der Waals surface area contributed by atoms with E-state index in [0.717, 1.165) is 5.92 Å². The van der Waals surface area contributed by atoms with Gasteiger partial charge in [0.1, 0.15) is 0 Å². The van der Waals surface area contributed by atoms with Crippen molar-refractivity contribution in [3.05, 3.63) is 0 Å². The average molecular weight is 202 g/mol. The Bertz CT molecular complexity index is 96.6. The van der Waals surface area contributed by atoms with E-state index in [4.69, 9.17) is 0 Å². The van der Waals surface area contributed by atoms with Gasteiger partial charge in [0.15, 0.2) is 0 Å². The van der Waals surface area contributed by atoms with Crippen LogP contribution in [0.5, 0.6) is 0 Å². The molecule has 0 aromatic rings. The summed E-state index contributed by atoms with van der Waals surface area (Å²) in [6.07, 6.45) is 7.33. The molecule has 1 saturated carbocycles. The van der Waals surface area contributed by atoms with Gasteiger partial charge in [-0.05, 0) is 24.2 Å². The van der Waals surface area contributed by atoms with Crippen LogP contribution in [-0.4, -0.2) is 0 Å². The maximum absolute atomic E-state index is 2.46. The second-order valence-electron chi connectivity index (χ2n) is 4.37. The van der Waals surface area contributed by atoms with Crippen LogP contribution in [0.15, 0.2) is 0 Å². The summed E-state index contributed by atoms with van der Waals surface area (Å²) in [6, 6.07) is 0. The van der Waals surface area contributed by atoms with Gasteiger partial charge in [-0.1, -0.05) is 68.7 Å². The first-order valence-corrected chi connectivity index (χ1v) is 5.65. The zero-order valence-electron chi connectivity index (χ0n) is 9.61. The van der Waals surface area contributed by atoms with Crippen LogP contribution in [0, 0.1) is 11.3 Å². The molecule has 0 bridgehead atoms. The Labute approximate surface area is 93.5 Å². The lowest BCUT2D eigenvalue weighted by Crippen LogP contribution is -2.25. The first-order valence-electron chi connectivity index (χ1n) is 5.65. The molecule has 0 aliphatic heterocycles. The third kappa shape index (κ3) is 5.67. The maximum Gasteiger partial charge on any atom is -0.0303 e. The van der Waals surface area contributed by atoms with Crippen LogP contribution in [0.1, 0.15) is 81.6 Å². The molecule has 1 rings (SSSR count). The summed E-state index contributed by atoms with van der Waals surface area (Å²) in [4.78, 5) is 0.